The van der Waals surface area contributed by atoms with Gasteiger partial charge in [0.05, 0.1) is 0 Å². The van der Waals surface area contributed by atoms with Crippen LogP contribution in [0.3, 0.4) is 0 Å². The number of hydrogen-bond acceptors (Lipinski definition) is 2. The van der Waals surface area contributed by atoms with Gasteiger partial charge in [0.2, 0.25) is 5.91 Å². The van der Waals surface area contributed by atoms with Gasteiger partial charge in [-0.05, 0) is 55.5 Å². The lowest BCUT2D eigenvalue weighted by atomic mass is 10.1. The second-order valence-corrected chi connectivity index (χ2v) is 4.28. The molecule has 0 radical (unpaired) electrons. The van der Waals surface area contributed by atoms with Crippen LogP contribution in [0.4, 0.5) is 5.69 Å². The molecule has 0 heterocycles. The minimum absolute atomic E-state index is 0.0587. The van der Waals surface area contributed by atoms with E-state index in [0.717, 1.165) is 18.5 Å². The van der Waals surface area contributed by atoms with E-state index in [1.165, 1.54) is 24.0 Å². The van der Waals surface area contributed by atoms with Crippen molar-refractivity contribution in [2.75, 3.05) is 11.9 Å². The van der Waals surface area contributed by atoms with Gasteiger partial charge in [0, 0.05) is 12.1 Å². The van der Waals surface area contributed by atoms with E-state index < -0.39 is 0 Å². The molecular weight excluding hydrogens is 200 g/mol. The van der Waals surface area contributed by atoms with Crippen LogP contribution in [0.2, 0.25) is 0 Å². The summed E-state index contributed by atoms with van der Waals surface area (Å²) < 4.78 is 0. The fraction of sp³-hybridized carbons (Fsp3) is 0.462. The number of carbonyl (C=O) groups excluding carboxylic acids is 1. The molecule has 16 heavy (non-hydrogen) atoms. The summed E-state index contributed by atoms with van der Waals surface area (Å²) in [6.45, 7) is 0.567. The Hall–Kier alpha value is -1.35. The largest absolute Gasteiger partial charge is 0.330 e. The predicted molar refractivity (Wildman–Crippen MR) is 65.4 cm³/mol. The van der Waals surface area contributed by atoms with Gasteiger partial charge >= 0.3 is 0 Å². The van der Waals surface area contributed by atoms with Gasteiger partial charge in [0.1, 0.15) is 0 Å². The highest BCUT2D eigenvalue weighted by Crippen LogP contribution is 2.24. The van der Waals surface area contributed by atoms with Gasteiger partial charge in [0.15, 0.2) is 0 Å². The van der Waals surface area contributed by atoms with Gasteiger partial charge in [-0.2, -0.15) is 0 Å². The summed E-state index contributed by atoms with van der Waals surface area (Å²) >= 11 is 0. The third-order valence-corrected chi connectivity index (χ3v) is 2.99. The van der Waals surface area contributed by atoms with E-state index in [0.29, 0.717) is 13.0 Å². The number of carbonyl (C=O) groups is 1. The lowest BCUT2D eigenvalue weighted by Gasteiger charge is -2.07. The van der Waals surface area contributed by atoms with Gasteiger partial charge in [-0.25, -0.2) is 0 Å². The number of benzene rings is 1. The molecule has 3 nitrogen and oxygen atoms in total. The number of fused-ring (bicyclic) bond motifs is 1. The topological polar surface area (TPSA) is 55.1 Å². The summed E-state index contributed by atoms with van der Waals surface area (Å²) in [5, 5.41) is 2.91. The molecule has 0 aromatic heterocycles. The second kappa shape index (κ2) is 5.12. The van der Waals surface area contributed by atoms with Crippen LogP contribution in [-0.4, -0.2) is 12.5 Å². The second-order valence-electron chi connectivity index (χ2n) is 4.28. The van der Waals surface area contributed by atoms with Crippen LogP contribution in [0.15, 0.2) is 18.2 Å². The highest BCUT2D eigenvalue weighted by molar-refractivity contribution is 5.90. The normalized spacial score (nSPS) is 13.6. The van der Waals surface area contributed by atoms with Crippen molar-refractivity contribution in [2.24, 2.45) is 5.73 Å². The Labute approximate surface area is 96.0 Å². The predicted octanol–water partition coefficient (Wildman–Crippen LogP) is 1.85. The first-order chi connectivity index (χ1) is 7.79. The summed E-state index contributed by atoms with van der Waals surface area (Å²) in [7, 11) is 0. The zero-order valence-electron chi connectivity index (χ0n) is 9.46. The van der Waals surface area contributed by atoms with E-state index in [1.54, 1.807) is 0 Å². The SMILES string of the molecule is NCCCC(=O)Nc1ccc2c(c1)CCC2. The number of amides is 1. The third-order valence-electron chi connectivity index (χ3n) is 2.99. The van der Waals surface area contributed by atoms with Crippen molar-refractivity contribution in [3.63, 3.8) is 0 Å². The minimum atomic E-state index is 0.0587. The molecule has 0 atom stereocenters. The molecule has 0 saturated carbocycles. The van der Waals surface area contributed by atoms with Crippen molar-refractivity contribution in [3.05, 3.63) is 29.3 Å². The van der Waals surface area contributed by atoms with Crippen molar-refractivity contribution in [1.29, 1.82) is 0 Å². The van der Waals surface area contributed by atoms with Gasteiger partial charge in [-0.3, -0.25) is 4.79 Å². The Bertz CT molecular complexity index is 388. The molecule has 1 aromatic carbocycles. The molecule has 86 valence electrons. The number of hydrogen-bond donors (Lipinski definition) is 2. The Morgan fingerprint density at radius 2 is 2.12 bits per heavy atom. The first kappa shape index (κ1) is 11.1. The molecule has 0 aliphatic heterocycles. The molecule has 1 amide bonds. The van der Waals surface area contributed by atoms with Crippen molar-refractivity contribution in [1.82, 2.24) is 0 Å². The summed E-state index contributed by atoms with van der Waals surface area (Å²) in [4.78, 5) is 11.5. The Morgan fingerprint density at radius 3 is 2.94 bits per heavy atom. The average Bonchev–Trinajstić information content (AvgIpc) is 2.73. The van der Waals surface area contributed by atoms with E-state index in [-0.39, 0.29) is 5.91 Å². The molecule has 0 unspecified atom stereocenters. The number of aryl methyl sites for hydroxylation is 2. The van der Waals surface area contributed by atoms with Gasteiger partial charge in [-0.15, -0.1) is 0 Å². The highest BCUT2D eigenvalue weighted by atomic mass is 16.1. The molecule has 1 aliphatic carbocycles. The van der Waals surface area contributed by atoms with Crippen LogP contribution in [-0.2, 0) is 17.6 Å². The maximum absolute atomic E-state index is 11.5. The molecule has 1 aromatic rings. The Balaban J connectivity index is 1.97. The molecule has 2 rings (SSSR count). The quantitative estimate of drug-likeness (QED) is 0.810. The molecular formula is C13H18N2O. The molecule has 0 spiro atoms. The lowest BCUT2D eigenvalue weighted by Crippen LogP contribution is -2.13. The summed E-state index contributed by atoms with van der Waals surface area (Å²) in [5.74, 6) is 0.0587. The molecule has 0 bridgehead atoms. The van der Waals surface area contributed by atoms with Crippen LogP contribution < -0.4 is 11.1 Å². The van der Waals surface area contributed by atoms with Gasteiger partial charge < -0.3 is 11.1 Å². The van der Waals surface area contributed by atoms with Crippen LogP contribution in [0.25, 0.3) is 0 Å². The van der Waals surface area contributed by atoms with E-state index >= 15 is 0 Å². The van der Waals surface area contributed by atoms with Gasteiger partial charge in [-0.1, -0.05) is 6.07 Å². The van der Waals surface area contributed by atoms with Crippen molar-refractivity contribution < 1.29 is 4.79 Å². The van der Waals surface area contributed by atoms with Crippen LogP contribution in [0.1, 0.15) is 30.4 Å². The summed E-state index contributed by atoms with van der Waals surface area (Å²) in [5.41, 5.74) is 9.10. The average molecular weight is 218 g/mol. The fourth-order valence-electron chi connectivity index (χ4n) is 2.14. The summed E-state index contributed by atoms with van der Waals surface area (Å²) in [6, 6.07) is 6.22. The van der Waals surface area contributed by atoms with E-state index in [2.05, 4.69) is 17.4 Å². The van der Waals surface area contributed by atoms with Crippen LogP contribution >= 0.6 is 0 Å². The first-order valence-electron chi connectivity index (χ1n) is 5.91. The zero-order chi connectivity index (χ0) is 11.4. The number of rotatable bonds is 4. The van der Waals surface area contributed by atoms with E-state index in [4.69, 9.17) is 5.73 Å². The third kappa shape index (κ3) is 2.61. The Kier molecular flexibility index (Phi) is 3.57. The lowest BCUT2D eigenvalue weighted by molar-refractivity contribution is -0.116. The highest BCUT2D eigenvalue weighted by Gasteiger charge is 2.11. The molecule has 0 fully saturated rings. The number of anilines is 1. The first-order valence-corrected chi connectivity index (χ1v) is 5.91. The monoisotopic (exact) mass is 218 g/mol. The van der Waals surface area contributed by atoms with Gasteiger partial charge in [0.25, 0.3) is 0 Å². The van der Waals surface area contributed by atoms with Crippen LogP contribution in [0, 0.1) is 0 Å². The van der Waals surface area contributed by atoms with Crippen LogP contribution in [0.5, 0.6) is 0 Å². The maximum Gasteiger partial charge on any atom is 0.224 e. The van der Waals surface area contributed by atoms with Crippen molar-refractivity contribution in [2.45, 2.75) is 32.1 Å². The zero-order valence-corrected chi connectivity index (χ0v) is 9.46. The molecule has 3 N–H and O–H groups in total. The number of nitrogens with one attached hydrogen (secondary N) is 1. The number of nitrogens with two attached hydrogens (primary N) is 1. The van der Waals surface area contributed by atoms with Crippen molar-refractivity contribution >= 4 is 11.6 Å². The van der Waals surface area contributed by atoms with E-state index in [1.807, 2.05) is 6.07 Å². The molecule has 0 saturated heterocycles. The Morgan fingerprint density at radius 1 is 1.31 bits per heavy atom. The van der Waals surface area contributed by atoms with E-state index in [9.17, 15) is 4.79 Å². The van der Waals surface area contributed by atoms with Crippen molar-refractivity contribution in [3.8, 4) is 0 Å². The summed E-state index contributed by atoms with van der Waals surface area (Å²) in [6.07, 6.45) is 4.81. The standard InChI is InChI=1S/C13H18N2O/c14-8-2-5-13(16)15-12-7-6-10-3-1-4-11(10)9-12/h6-7,9H,1-5,8,14H2,(H,15,16). The minimum Gasteiger partial charge on any atom is -0.330 e. The maximum atomic E-state index is 11.5. The fourth-order valence-corrected chi connectivity index (χ4v) is 2.14. The molecule has 1 aliphatic rings. The smallest absolute Gasteiger partial charge is 0.224 e. The molecule has 3 heteroatoms.